The van der Waals surface area contributed by atoms with Gasteiger partial charge in [0.25, 0.3) is 0 Å². The molecule has 0 saturated carbocycles. The monoisotopic (exact) mass is 204 g/mol. The predicted molar refractivity (Wildman–Crippen MR) is 56.7 cm³/mol. The number of hydrogen-bond acceptors (Lipinski definition) is 3. The van der Waals surface area contributed by atoms with Gasteiger partial charge in [-0.05, 0) is 19.1 Å². The Morgan fingerprint density at radius 3 is 2.67 bits per heavy atom. The number of anilines is 1. The van der Waals surface area contributed by atoms with E-state index in [0.717, 1.165) is 0 Å². The van der Waals surface area contributed by atoms with E-state index in [-0.39, 0.29) is 0 Å². The van der Waals surface area contributed by atoms with Crippen LogP contribution < -0.4 is 4.90 Å². The summed E-state index contributed by atoms with van der Waals surface area (Å²) in [4.78, 5) is 12.4. The van der Waals surface area contributed by atoms with Crippen LogP contribution in [0.3, 0.4) is 0 Å². The lowest BCUT2D eigenvalue weighted by atomic mass is 10.1. The minimum absolute atomic E-state index is 0.480. The minimum atomic E-state index is -0.912. The van der Waals surface area contributed by atoms with Gasteiger partial charge in [-0.15, -0.1) is 0 Å². The number of para-hydroxylation sites is 1. The first-order valence-corrected chi connectivity index (χ1v) is 4.52. The SMILES string of the molecule is CC(C(=O)O)N(C)c1ccccc1C#N. The molecule has 0 aliphatic carbocycles. The highest BCUT2D eigenvalue weighted by Crippen LogP contribution is 2.19. The second kappa shape index (κ2) is 4.47. The molecule has 1 aromatic rings. The van der Waals surface area contributed by atoms with Gasteiger partial charge in [-0.3, -0.25) is 0 Å². The number of nitriles is 1. The van der Waals surface area contributed by atoms with E-state index in [9.17, 15) is 4.79 Å². The maximum atomic E-state index is 10.8. The van der Waals surface area contributed by atoms with Crippen LogP contribution in [0.2, 0.25) is 0 Å². The highest BCUT2D eigenvalue weighted by atomic mass is 16.4. The molecule has 0 spiro atoms. The van der Waals surface area contributed by atoms with Crippen molar-refractivity contribution in [3.63, 3.8) is 0 Å². The second-order valence-corrected chi connectivity index (χ2v) is 3.25. The summed E-state index contributed by atoms with van der Waals surface area (Å²) in [7, 11) is 1.66. The zero-order chi connectivity index (χ0) is 11.4. The number of hydrogen-bond donors (Lipinski definition) is 1. The van der Waals surface area contributed by atoms with Crippen molar-refractivity contribution in [1.29, 1.82) is 5.26 Å². The summed E-state index contributed by atoms with van der Waals surface area (Å²) in [6.07, 6.45) is 0. The molecular formula is C11H12N2O2. The average molecular weight is 204 g/mol. The summed E-state index contributed by atoms with van der Waals surface area (Å²) in [6, 6.07) is 8.31. The molecule has 0 heterocycles. The number of benzene rings is 1. The van der Waals surface area contributed by atoms with Crippen molar-refractivity contribution in [3.8, 4) is 6.07 Å². The molecule has 4 heteroatoms. The molecule has 0 amide bonds. The molecule has 1 N–H and O–H groups in total. The number of carboxylic acids is 1. The van der Waals surface area contributed by atoms with Gasteiger partial charge in [-0.2, -0.15) is 5.26 Å². The molecule has 0 aliphatic heterocycles. The zero-order valence-electron chi connectivity index (χ0n) is 8.64. The number of nitrogens with zero attached hydrogens (tertiary/aromatic N) is 2. The number of rotatable bonds is 3. The van der Waals surface area contributed by atoms with Gasteiger partial charge >= 0.3 is 5.97 Å². The Morgan fingerprint density at radius 1 is 1.53 bits per heavy atom. The number of likely N-dealkylation sites (N-methyl/N-ethyl adjacent to an activating group) is 1. The smallest absolute Gasteiger partial charge is 0.326 e. The van der Waals surface area contributed by atoms with E-state index in [2.05, 4.69) is 0 Å². The Kier molecular flexibility index (Phi) is 3.29. The van der Waals surface area contributed by atoms with E-state index < -0.39 is 12.0 Å². The third-order valence-corrected chi connectivity index (χ3v) is 2.34. The third kappa shape index (κ3) is 2.26. The Bertz CT molecular complexity index is 409. The van der Waals surface area contributed by atoms with Gasteiger partial charge in [0.15, 0.2) is 0 Å². The van der Waals surface area contributed by atoms with Crippen LogP contribution in [-0.2, 0) is 4.79 Å². The molecule has 0 aliphatic rings. The fourth-order valence-corrected chi connectivity index (χ4v) is 1.25. The van der Waals surface area contributed by atoms with E-state index in [1.54, 1.807) is 43.1 Å². The predicted octanol–water partition coefficient (Wildman–Crippen LogP) is 1.47. The van der Waals surface area contributed by atoms with Gasteiger partial charge in [0, 0.05) is 7.05 Å². The first kappa shape index (κ1) is 11.1. The summed E-state index contributed by atoms with van der Waals surface area (Å²) in [6.45, 7) is 1.58. The molecule has 0 saturated heterocycles. The summed E-state index contributed by atoms with van der Waals surface area (Å²) in [5.74, 6) is -0.912. The van der Waals surface area contributed by atoms with Crippen LogP contribution in [0.25, 0.3) is 0 Å². The number of carbonyl (C=O) groups is 1. The van der Waals surface area contributed by atoms with Gasteiger partial charge in [0.05, 0.1) is 11.3 Å². The highest BCUT2D eigenvalue weighted by Gasteiger charge is 2.18. The molecule has 1 aromatic carbocycles. The van der Waals surface area contributed by atoms with Crippen LogP contribution in [0.15, 0.2) is 24.3 Å². The second-order valence-electron chi connectivity index (χ2n) is 3.25. The third-order valence-electron chi connectivity index (χ3n) is 2.34. The molecule has 0 bridgehead atoms. The molecule has 0 fully saturated rings. The van der Waals surface area contributed by atoms with Gasteiger partial charge in [-0.25, -0.2) is 4.79 Å². The highest BCUT2D eigenvalue weighted by molar-refractivity contribution is 5.78. The van der Waals surface area contributed by atoms with Crippen LogP contribution in [0.1, 0.15) is 12.5 Å². The summed E-state index contributed by atoms with van der Waals surface area (Å²) in [5.41, 5.74) is 1.11. The largest absolute Gasteiger partial charge is 0.480 e. The van der Waals surface area contributed by atoms with Crippen LogP contribution in [0, 0.1) is 11.3 Å². The topological polar surface area (TPSA) is 64.3 Å². The number of aliphatic carboxylic acids is 1. The zero-order valence-corrected chi connectivity index (χ0v) is 8.64. The van der Waals surface area contributed by atoms with E-state index in [0.29, 0.717) is 11.3 Å². The van der Waals surface area contributed by atoms with E-state index >= 15 is 0 Å². The van der Waals surface area contributed by atoms with Crippen LogP contribution in [0.4, 0.5) is 5.69 Å². The first-order valence-electron chi connectivity index (χ1n) is 4.52. The van der Waals surface area contributed by atoms with Crippen molar-refractivity contribution in [2.75, 3.05) is 11.9 Å². The molecule has 0 aromatic heterocycles. The molecular weight excluding hydrogens is 192 g/mol. The standard InChI is InChI=1S/C11H12N2O2/c1-8(11(14)15)13(2)10-6-4-3-5-9(10)7-12/h3-6,8H,1-2H3,(H,14,15). The lowest BCUT2D eigenvalue weighted by molar-refractivity contribution is -0.138. The summed E-state index contributed by atoms with van der Waals surface area (Å²) < 4.78 is 0. The molecule has 4 nitrogen and oxygen atoms in total. The van der Waals surface area contributed by atoms with Crippen molar-refractivity contribution < 1.29 is 9.90 Å². The van der Waals surface area contributed by atoms with Gasteiger partial charge in [0.1, 0.15) is 12.1 Å². The molecule has 15 heavy (non-hydrogen) atoms. The Balaban J connectivity index is 3.06. The summed E-state index contributed by atoms with van der Waals surface area (Å²) >= 11 is 0. The van der Waals surface area contributed by atoms with Crippen molar-refractivity contribution in [1.82, 2.24) is 0 Å². The maximum Gasteiger partial charge on any atom is 0.326 e. The van der Waals surface area contributed by atoms with E-state index in [4.69, 9.17) is 10.4 Å². The van der Waals surface area contributed by atoms with Crippen molar-refractivity contribution >= 4 is 11.7 Å². The van der Waals surface area contributed by atoms with Gasteiger partial charge in [0.2, 0.25) is 0 Å². The van der Waals surface area contributed by atoms with Crippen LogP contribution >= 0.6 is 0 Å². The molecule has 1 unspecified atom stereocenters. The van der Waals surface area contributed by atoms with Gasteiger partial charge < -0.3 is 10.0 Å². The first-order chi connectivity index (χ1) is 7.07. The van der Waals surface area contributed by atoms with Crippen molar-refractivity contribution in [3.05, 3.63) is 29.8 Å². The lowest BCUT2D eigenvalue weighted by Gasteiger charge is -2.24. The van der Waals surface area contributed by atoms with E-state index in [1.165, 1.54) is 0 Å². The quantitative estimate of drug-likeness (QED) is 0.809. The Labute approximate surface area is 88.4 Å². The Morgan fingerprint density at radius 2 is 2.13 bits per heavy atom. The Hall–Kier alpha value is -2.02. The van der Waals surface area contributed by atoms with Gasteiger partial charge in [-0.1, -0.05) is 12.1 Å². The lowest BCUT2D eigenvalue weighted by Crippen LogP contribution is -2.36. The average Bonchev–Trinajstić information content (AvgIpc) is 2.26. The normalized spacial score (nSPS) is 11.5. The van der Waals surface area contributed by atoms with E-state index in [1.807, 2.05) is 6.07 Å². The summed E-state index contributed by atoms with van der Waals surface area (Å²) in [5, 5.41) is 17.7. The van der Waals surface area contributed by atoms with Crippen molar-refractivity contribution in [2.45, 2.75) is 13.0 Å². The maximum absolute atomic E-state index is 10.8. The van der Waals surface area contributed by atoms with Crippen LogP contribution in [0.5, 0.6) is 0 Å². The fourth-order valence-electron chi connectivity index (χ4n) is 1.25. The molecule has 1 rings (SSSR count). The van der Waals surface area contributed by atoms with Crippen LogP contribution in [-0.4, -0.2) is 24.2 Å². The molecule has 0 radical (unpaired) electrons. The molecule has 1 atom stereocenters. The minimum Gasteiger partial charge on any atom is -0.480 e. The molecule has 78 valence electrons. The fraction of sp³-hybridized carbons (Fsp3) is 0.273. The number of carboxylic acid groups (broad SMARTS) is 1. The van der Waals surface area contributed by atoms with Crippen molar-refractivity contribution in [2.24, 2.45) is 0 Å².